The predicted octanol–water partition coefficient (Wildman–Crippen LogP) is -1.96. The highest BCUT2D eigenvalue weighted by atomic mass is 79.9. The Morgan fingerprint density at radius 1 is 1.29 bits per heavy atom. The second-order valence-electron chi connectivity index (χ2n) is 4.19. The monoisotopic (exact) mass is 380 g/mol. The Hall–Kier alpha value is -1.26. The van der Waals surface area contributed by atoms with Gasteiger partial charge in [-0.15, -0.1) is 0 Å². The molecule has 0 aromatic carbocycles. The zero-order valence-corrected chi connectivity index (χ0v) is 13.5. The Balaban J connectivity index is 2.55. The summed E-state index contributed by atoms with van der Waals surface area (Å²) in [5.41, 5.74) is -0.983. The average molecular weight is 381 g/mol. The fourth-order valence-corrected chi connectivity index (χ4v) is 2.51. The fraction of sp³-hybridized carbons (Fsp3) is 0.444. The van der Waals surface area contributed by atoms with Crippen LogP contribution in [0.1, 0.15) is 0 Å². The quantitative estimate of drug-likeness (QED) is 0.443. The van der Waals surface area contributed by atoms with Gasteiger partial charge in [0.1, 0.15) is 0 Å². The van der Waals surface area contributed by atoms with E-state index in [-0.39, 0.29) is 17.7 Å². The minimum absolute atomic E-state index is 0.163. The van der Waals surface area contributed by atoms with Gasteiger partial charge in [0.2, 0.25) is 0 Å². The number of phosphoric ester groups is 1. The molecule has 2 rings (SSSR count). The summed E-state index contributed by atoms with van der Waals surface area (Å²) in [6.45, 7) is -0.956. The van der Waals surface area contributed by atoms with Gasteiger partial charge >= 0.3 is 5.69 Å². The van der Waals surface area contributed by atoms with E-state index in [1.807, 2.05) is 0 Å². The van der Waals surface area contributed by atoms with Gasteiger partial charge in [0.15, 0.2) is 15.9 Å². The molecule has 0 unspecified atom stereocenters. The minimum atomic E-state index is -5.15. The van der Waals surface area contributed by atoms with Crippen molar-refractivity contribution >= 4 is 34.9 Å². The number of nitrogens with zero attached hydrogens (tertiary/aromatic N) is 4. The molecule has 0 spiro atoms. The van der Waals surface area contributed by atoms with E-state index >= 15 is 0 Å². The van der Waals surface area contributed by atoms with Crippen LogP contribution in [-0.4, -0.2) is 25.3 Å². The zero-order chi connectivity index (χ0) is 15.9. The maximum absolute atomic E-state index is 12.3. The summed E-state index contributed by atoms with van der Waals surface area (Å²) >= 11 is 3.15. The maximum atomic E-state index is 12.3. The van der Waals surface area contributed by atoms with Crippen LogP contribution in [0.2, 0.25) is 0 Å². The molecule has 0 aliphatic carbocycles. The Bertz CT molecular complexity index is 862. The average Bonchev–Trinajstić information content (AvgIpc) is 2.66. The predicted molar refractivity (Wildman–Crippen MR) is 71.5 cm³/mol. The van der Waals surface area contributed by atoms with E-state index in [0.717, 1.165) is 9.13 Å². The summed E-state index contributed by atoms with van der Waals surface area (Å²) in [6.07, 6.45) is 0. The number of hydrogen-bond acceptors (Lipinski definition) is 7. The molecule has 0 bridgehead atoms. The molecule has 116 valence electrons. The van der Waals surface area contributed by atoms with Crippen LogP contribution in [0.5, 0.6) is 0 Å². The molecule has 2 aromatic heterocycles. The first-order valence-electron chi connectivity index (χ1n) is 5.62. The molecule has 2 heterocycles. The molecule has 0 atom stereocenters. The molecule has 0 saturated carbocycles. The summed E-state index contributed by atoms with van der Waals surface area (Å²) in [5.74, 6) is 0. The summed E-state index contributed by atoms with van der Waals surface area (Å²) < 4.78 is 18.2. The first-order chi connectivity index (χ1) is 9.63. The molecule has 2 aromatic rings. The van der Waals surface area contributed by atoms with E-state index in [1.54, 1.807) is 7.05 Å². The standard InChI is InChI=1S/C9H12BrN4O6P/c1-12-5-6(11-8(12)10)13(2)9(16)14(7(5)15)3-4-20-21(17,18)19/h3-4H2,1-2H3,(H2,17,18,19)/p-2. The molecule has 21 heavy (non-hydrogen) atoms. The number of aryl methyl sites for hydroxylation is 2. The Labute approximate surface area is 126 Å². The first-order valence-corrected chi connectivity index (χ1v) is 7.87. The van der Waals surface area contributed by atoms with Gasteiger partial charge in [-0.1, -0.05) is 0 Å². The highest BCUT2D eigenvalue weighted by Gasteiger charge is 2.17. The lowest BCUT2D eigenvalue weighted by Crippen LogP contribution is -2.40. The van der Waals surface area contributed by atoms with Crippen LogP contribution >= 0.6 is 23.8 Å². The molecular formula is C9H10BrN4O6P-2. The molecular weight excluding hydrogens is 371 g/mol. The summed E-state index contributed by atoms with van der Waals surface area (Å²) in [4.78, 5) is 49.2. The Morgan fingerprint density at radius 2 is 1.90 bits per heavy atom. The third-order valence-corrected chi connectivity index (χ3v) is 4.08. The topological polar surface area (TPSA) is 134 Å². The Kier molecular flexibility index (Phi) is 4.22. The second-order valence-corrected chi connectivity index (χ2v) is 6.05. The number of imidazole rings is 1. The number of halogens is 1. The van der Waals surface area contributed by atoms with Gasteiger partial charge in [-0.05, 0) is 15.9 Å². The second kappa shape index (κ2) is 5.50. The largest absolute Gasteiger partial charge is 0.790 e. The molecule has 0 saturated heterocycles. The van der Waals surface area contributed by atoms with Gasteiger partial charge < -0.3 is 23.4 Å². The maximum Gasteiger partial charge on any atom is 0.332 e. The smallest absolute Gasteiger partial charge is 0.332 e. The summed E-state index contributed by atoms with van der Waals surface area (Å²) in [7, 11) is -2.14. The molecule has 0 radical (unpaired) electrons. The van der Waals surface area contributed by atoms with Crippen LogP contribution in [-0.2, 0) is 29.7 Å². The molecule has 10 nitrogen and oxygen atoms in total. The highest BCUT2D eigenvalue weighted by Crippen LogP contribution is 2.23. The van der Waals surface area contributed by atoms with E-state index in [4.69, 9.17) is 0 Å². The SMILES string of the molecule is Cn1c(Br)nc2c1c(=O)n(CCOP(=O)([O-])[O-])c(=O)n2C. The van der Waals surface area contributed by atoms with Crippen molar-refractivity contribution in [3.63, 3.8) is 0 Å². The van der Waals surface area contributed by atoms with Crippen molar-refractivity contribution in [3.8, 4) is 0 Å². The van der Waals surface area contributed by atoms with Crippen molar-refractivity contribution in [2.24, 2.45) is 14.1 Å². The number of rotatable bonds is 4. The van der Waals surface area contributed by atoms with E-state index in [1.165, 1.54) is 11.6 Å². The zero-order valence-electron chi connectivity index (χ0n) is 11.0. The number of phosphoric acid groups is 1. The van der Waals surface area contributed by atoms with Crippen LogP contribution in [0.4, 0.5) is 0 Å². The van der Waals surface area contributed by atoms with Gasteiger partial charge in [-0.25, -0.2) is 9.78 Å². The Morgan fingerprint density at radius 3 is 2.48 bits per heavy atom. The first kappa shape index (κ1) is 16.1. The van der Waals surface area contributed by atoms with Crippen LogP contribution in [0, 0.1) is 0 Å². The van der Waals surface area contributed by atoms with Gasteiger partial charge in [-0.2, -0.15) is 0 Å². The van der Waals surface area contributed by atoms with Crippen LogP contribution in [0.15, 0.2) is 14.3 Å². The van der Waals surface area contributed by atoms with E-state index in [0.29, 0.717) is 4.73 Å². The fourth-order valence-electron chi connectivity index (χ4n) is 1.86. The molecule has 0 aliphatic rings. The van der Waals surface area contributed by atoms with Gasteiger partial charge in [0, 0.05) is 14.1 Å². The van der Waals surface area contributed by atoms with Crippen LogP contribution in [0.3, 0.4) is 0 Å². The van der Waals surface area contributed by atoms with E-state index < -0.39 is 25.7 Å². The third-order valence-electron chi connectivity index (χ3n) is 2.87. The van der Waals surface area contributed by atoms with E-state index in [2.05, 4.69) is 25.4 Å². The lowest BCUT2D eigenvalue weighted by Gasteiger charge is -2.28. The van der Waals surface area contributed by atoms with Crippen molar-refractivity contribution in [1.82, 2.24) is 18.7 Å². The van der Waals surface area contributed by atoms with Crippen molar-refractivity contribution in [3.05, 3.63) is 25.6 Å². The molecule has 12 heteroatoms. The molecule has 0 fully saturated rings. The normalized spacial score (nSPS) is 12.2. The van der Waals surface area contributed by atoms with Crippen LogP contribution in [0.25, 0.3) is 11.2 Å². The minimum Gasteiger partial charge on any atom is -0.790 e. The highest BCUT2D eigenvalue weighted by molar-refractivity contribution is 9.10. The van der Waals surface area contributed by atoms with Gasteiger partial charge in [0.05, 0.1) is 21.0 Å². The van der Waals surface area contributed by atoms with Crippen molar-refractivity contribution in [2.45, 2.75) is 6.54 Å². The van der Waals surface area contributed by atoms with Crippen molar-refractivity contribution in [2.75, 3.05) is 6.61 Å². The van der Waals surface area contributed by atoms with Crippen molar-refractivity contribution in [1.29, 1.82) is 0 Å². The summed E-state index contributed by atoms with van der Waals surface area (Å²) in [6, 6.07) is 0. The summed E-state index contributed by atoms with van der Waals surface area (Å²) in [5, 5.41) is 0. The number of aromatic nitrogens is 4. The lowest BCUT2D eigenvalue weighted by atomic mass is 10.5. The van der Waals surface area contributed by atoms with E-state index in [9.17, 15) is 23.9 Å². The lowest BCUT2D eigenvalue weighted by molar-refractivity contribution is -0.341. The molecule has 0 aliphatic heterocycles. The molecule has 0 amide bonds. The third kappa shape index (κ3) is 3.01. The number of fused-ring (bicyclic) bond motifs is 1. The number of hydrogen-bond donors (Lipinski definition) is 0. The van der Waals surface area contributed by atoms with Crippen molar-refractivity contribution < 1.29 is 18.9 Å². The molecule has 0 N–H and O–H groups in total. The van der Waals surface area contributed by atoms with Gasteiger partial charge in [0.25, 0.3) is 5.56 Å². The van der Waals surface area contributed by atoms with Gasteiger partial charge in [-0.3, -0.25) is 13.9 Å². The van der Waals surface area contributed by atoms with Crippen LogP contribution < -0.4 is 21.0 Å².